The van der Waals surface area contributed by atoms with Gasteiger partial charge in [0.05, 0.1) is 11.4 Å². The van der Waals surface area contributed by atoms with Gasteiger partial charge in [-0.25, -0.2) is 4.79 Å². The van der Waals surface area contributed by atoms with Crippen molar-refractivity contribution < 1.29 is 14.6 Å². The average molecular weight is 242 g/mol. The summed E-state index contributed by atoms with van der Waals surface area (Å²) in [7, 11) is 0. The number of rotatable bonds is 3. The third kappa shape index (κ3) is 3.41. The fourth-order valence-electron chi connectivity index (χ4n) is 1.29. The molecule has 5 nitrogen and oxygen atoms in total. The van der Waals surface area contributed by atoms with Crippen molar-refractivity contribution in [2.45, 2.75) is 0 Å². The quantitative estimate of drug-likeness (QED) is 0.499. The highest BCUT2D eigenvalue weighted by atomic mass is 16.7. The molecular weight excluding hydrogens is 232 g/mol. The highest BCUT2D eigenvalue weighted by Crippen LogP contribution is 2.21. The molecule has 0 amide bonds. The third-order valence-corrected chi connectivity index (χ3v) is 2.08. The minimum Gasteiger partial charge on any atom is -0.449 e. The minimum absolute atomic E-state index is 0.251. The maximum atomic E-state index is 10.3. The van der Waals surface area contributed by atoms with Gasteiger partial charge in [0.1, 0.15) is 5.75 Å². The Morgan fingerprint density at radius 3 is 2.00 bits per heavy atom. The number of benzene rings is 2. The van der Waals surface area contributed by atoms with E-state index in [1.165, 1.54) is 12.1 Å². The summed E-state index contributed by atoms with van der Waals surface area (Å²) in [4.78, 5) is 10.3. The predicted octanol–water partition coefficient (Wildman–Crippen LogP) is 4.16. The van der Waals surface area contributed by atoms with Crippen LogP contribution in [0.25, 0.3) is 0 Å². The van der Waals surface area contributed by atoms with Gasteiger partial charge in [0.25, 0.3) is 0 Å². The van der Waals surface area contributed by atoms with Crippen LogP contribution in [0.2, 0.25) is 0 Å². The second-order valence-corrected chi connectivity index (χ2v) is 3.40. The Balaban J connectivity index is 2.06. The lowest BCUT2D eigenvalue weighted by atomic mass is 10.3. The molecule has 1 N–H and O–H groups in total. The second kappa shape index (κ2) is 5.58. The summed E-state index contributed by atoms with van der Waals surface area (Å²) in [6.45, 7) is 0. The summed E-state index contributed by atoms with van der Waals surface area (Å²) in [5.41, 5.74) is 1.37. The number of carbonyl (C=O) groups is 1. The predicted molar refractivity (Wildman–Crippen MR) is 65.7 cm³/mol. The highest BCUT2D eigenvalue weighted by molar-refractivity contribution is 5.61. The van der Waals surface area contributed by atoms with E-state index in [0.717, 1.165) is 5.69 Å². The lowest BCUT2D eigenvalue weighted by molar-refractivity contribution is 0.144. The topological polar surface area (TPSA) is 71.2 Å². The number of hydrogen-bond acceptors (Lipinski definition) is 4. The van der Waals surface area contributed by atoms with Crippen LogP contribution < -0.4 is 4.74 Å². The Hall–Kier alpha value is -2.69. The van der Waals surface area contributed by atoms with Crippen molar-refractivity contribution in [1.82, 2.24) is 0 Å². The highest BCUT2D eigenvalue weighted by Gasteiger charge is 1.99. The average Bonchev–Trinajstić information content (AvgIpc) is 2.38. The molecule has 0 aromatic heterocycles. The van der Waals surface area contributed by atoms with Gasteiger partial charge in [-0.1, -0.05) is 18.2 Å². The molecule has 0 unspecified atom stereocenters. The van der Waals surface area contributed by atoms with Gasteiger partial charge in [0, 0.05) is 0 Å². The van der Waals surface area contributed by atoms with Crippen molar-refractivity contribution in [2.75, 3.05) is 0 Å². The zero-order valence-electron chi connectivity index (χ0n) is 9.35. The SMILES string of the molecule is O=C(O)Oc1ccc(N=Nc2ccccc2)cc1. The van der Waals surface area contributed by atoms with E-state index in [0.29, 0.717) is 5.69 Å². The normalized spacial score (nSPS) is 10.4. The first-order valence-electron chi connectivity index (χ1n) is 5.22. The van der Waals surface area contributed by atoms with Gasteiger partial charge in [-0.05, 0) is 36.4 Å². The van der Waals surface area contributed by atoms with Crippen LogP contribution in [0.4, 0.5) is 16.2 Å². The van der Waals surface area contributed by atoms with E-state index in [-0.39, 0.29) is 5.75 Å². The first kappa shape index (κ1) is 11.8. The van der Waals surface area contributed by atoms with E-state index in [9.17, 15) is 4.79 Å². The fraction of sp³-hybridized carbons (Fsp3) is 0. The van der Waals surface area contributed by atoms with Crippen LogP contribution in [-0.2, 0) is 0 Å². The largest absolute Gasteiger partial charge is 0.511 e. The van der Waals surface area contributed by atoms with Gasteiger partial charge in [0.2, 0.25) is 0 Å². The summed E-state index contributed by atoms with van der Waals surface area (Å²) in [6, 6.07) is 15.6. The van der Waals surface area contributed by atoms with E-state index in [2.05, 4.69) is 15.0 Å². The monoisotopic (exact) mass is 242 g/mol. The number of nitrogens with zero attached hydrogens (tertiary/aromatic N) is 2. The van der Waals surface area contributed by atoms with Crippen molar-refractivity contribution in [3.8, 4) is 5.75 Å². The number of hydrogen-bond donors (Lipinski definition) is 1. The molecule has 0 heterocycles. The van der Waals surface area contributed by atoms with Crippen molar-refractivity contribution in [3.05, 3.63) is 54.6 Å². The van der Waals surface area contributed by atoms with Crippen LogP contribution >= 0.6 is 0 Å². The van der Waals surface area contributed by atoms with Crippen LogP contribution in [-0.4, -0.2) is 11.3 Å². The first-order valence-corrected chi connectivity index (χ1v) is 5.22. The molecule has 0 aliphatic heterocycles. The maximum absolute atomic E-state index is 10.3. The van der Waals surface area contributed by atoms with Crippen LogP contribution in [0.5, 0.6) is 5.75 Å². The van der Waals surface area contributed by atoms with E-state index < -0.39 is 6.16 Å². The lowest BCUT2D eigenvalue weighted by Gasteiger charge is -1.98. The summed E-state index contributed by atoms with van der Waals surface area (Å²) in [5, 5.41) is 16.5. The molecule has 5 heteroatoms. The molecule has 0 aliphatic rings. The zero-order valence-corrected chi connectivity index (χ0v) is 9.35. The Labute approximate surface area is 103 Å². The van der Waals surface area contributed by atoms with Gasteiger partial charge in [-0.2, -0.15) is 10.2 Å². The molecule has 0 atom stereocenters. The van der Waals surface area contributed by atoms with E-state index >= 15 is 0 Å². The van der Waals surface area contributed by atoms with Crippen LogP contribution in [0.15, 0.2) is 64.8 Å². The van der Waals surface area contributed by atoms with Gasteiger partial charge >= 0.3 is 6.16 Å². The smallest absolute Gasteiger partial charge is 0.449 e. The zero-order chi connectivity index (χ0) is 12.8. The van der Waals surface area contributed by atoms with Crippen molar-refractivity contribution >= 4 is 17.5 Å². The molecule has 0 aliphatic carbocycles. The molecule has 2 rings (SSSR count). The molecule has 2 aromatic carbocycles. The standard InChI is InChI=1S/C13H10N2O3/c16-13(17)18-12-8-6-11(7-9-12)15-14-10-4-2-1-3-5-10/h1-9H,(H,16,17). The Morgan fingerprint density at radius 2 is 1.44 bits per heavy atom. The number of carboxylic acid groups (broad SMARTS) is 1. The molecule has 0 radical (unpaired) electrons. The van der Waals surface area contributed by atoms with Gasteiger partial charge in [-0.15, -0.1) is 0 Å². The molecule has 0 spiro atoms. The Bertz CT molecular complexity index is 550. The molecule has 0 bridgehead atoms. The first-order chi connectivity index (χ1) is 8.74. The Kier molecular flexibility index (Phi) is 3.66. The van der Waals surface area contributed by atoms with E-state index in [1.807, 2.05) is 30.3 Å². The molecule has 18 heavy (non-hydrogen) atoms. The van der Waals surface area contributed by atoms with Crippen molar-refractivity contribution in [2.24, 2.45) is 10.2 Å². The minimum atomic E-state index is -1.34. The molecule has 90 valence electrons. The van der Waals surface area contributed by atoms with Crippen LogP contribution in [0.3, 0.4) is 0 Å². The molecule has 0 saturated heterocycles. The summed E-state index contributed by atoms with van der Waals surface area (Å²) < 4.78 is 4.48. The fourth-order valence-corrected chi connectivity index (χ4v) is 1.29. The molecule has 2 aromatic rings. The summed E-state index contributed by atoms with van der Waals surface area (Å²) in [5.74, 6) is 0.251. The summed E-state index contributed by atoms with van der Waals surface area (Å²) in [6.07, 6.45) is -1.34. The van der Waals surface area contributed by atoms with Gasteiger partial charge in [0.15, 0.2) is 0 Å². The van der Waals surface area contributed by atoms with Crippen molar-refractivity contribution in [1.29, 1.82) is 0 Å². The lowest BCUT2D eigenvalue weighted by Crippen LogP contribution is -2.02. The molecular formula is C13H10N2O3. The maximum Gasteiger partial charge on any atom is 0.511 e. The van der Waals surface area contributed by atoms with E-state index in [1.54, 1.807) is 12.1 Å². The molecule has 0 fully saturated rings. The number of azo groups is 1. The van der Waals surface area contributed by atoms with Crippen LogP contribution in [0, 0.1) is 0 Å². The Morgan fingerprint density at radius 1 is 0.889 bits per heavy atom. The van der Waals surface area contributed by atoms with E-state index in [4.69, 9.17) is 5.11 Å². The van der Waals surface area contributed by atoms with Gasteiger partial charge < -0.3 is 9.84 Å². The summed E-state index contributed by atoms with van der Waals surface area (Å²) >= 11 is 0. The third-order valence-electron chi connectivity index (χ3n) is 2.08. The van der Waals surface area contributed by atoms with Crippen molar-refractivity contribution in [3.63, 3.8) is 0 Å². The molecule has 0 saturated carbocycles. The van der Waals surface area contributed by atoms with Gasteiger partial charge in [-0.3, -0.25) is 0 Å². The van der Waals surface area contributed by atoms with Crippen LogP contribution in [0.1, 0.15) is 0 Å². The number of ether oxygens (including phenoxy) is 1. The second-order valence-electron chi connectivity index (χ2n) is 3.40.